The van der Waals surface area contributed by atoms with Crippen LogP contribution in [-0.4, -0.2) is 16.2 Å². The number of phenols is 1. The van der Waals surface area contributed by atoms with Gasteiger partial charge in [-0.2, -0.15) is 0 Å². The normalized spacial score (nSPS) is 10.3. The highest BCUT2D eigenvalue weighted by Crippen LogP contribution is 2.33. The standard InChI is InChI=1S/C14H11ClO3/c1-8-2-4-9(5-3-8)10-6-11(14(17)18)13(16)12(15)7-10/h2-7,16H,1H3,(H,17,18). The van der Waals surface area contributed by atoms with Gasteiger partial charge in [0.25, 0.3) is 0 Å². The Morgan fingerprint density at radius 3 is 2.28 bits per heavy atom. The minimum Gasteiger partial charge on any atom is -0.505 e. The minimum absolute atomic E-state index is 0.0328. The predicted molar refractivity (Wildman–Crippen MR) is 70.2 cm³/mol. The number of carboxylic acid groups (broad SMARTS) is 1. The summed E-state index contributed by atoms with van der Waals surface area (Å²) < 4.78 is 0. The highest BCUT2D eigenvalue weighted by Gasteiger charge is 2.15. The van der Waals surface area contributed by atoms with Crippen molar-refractivity contribution in [3.8, 4) is 16.9 Å². The van der Waals surface area contributed by atoms with Gasteiger partial charge in [-0.25, -0.2) is 4.79 Å². The molecule has 18 heavy (non-hydrogen) atoms. The van der Waals surface area contributed by atoms with Crippen LogP contribution >= 0.6 is 11.6 Å². The molecule has 0 aromatic heterocycles. The van der Waals surface area contributed by atoms with Crippen molar-refractivity contribution in [3.05, 3.63) is 52.5 Å². The first-order valence-electron chi connectivity index (χ1n) is 5.32. The molecule has 0 spiro atoms. The number of carbonyl (C=O) groups is 1. The van der Waals surface area contributed by atoms with E-state index in [9.17, 15) is 9.90 Å². The Labute approximate surface area is 109 Å². The maximum absolute atomic E-state index is 11.0. The lowest BCUT2D eigenvalue weighted by Crippen LogP contribution is -1.97. The van der Waals surface area contributed by atoms with Crippen molar-refractivity contribution < 1.29 is 15.0 Å². The fraction of sp³-hybridized carbons (Fsp3) is 0.0714. The Hall–Kier alpha value is -2.00. The molecule has 2 aromatic carbocycles. The van der Waals surface area contributed by atoms with Crippen molar-refractivity contribution >= 4 is 17.6 Å². The highest BCUT2D eigenvalue weighted by molar-refractivity contribution is 6.33. The summed E-state index contributed by atoms with van der Waals surface area (Å²) in [5.41, 5.74) is 2.43. The number of aryl methyl sites for hydroxylation is 1. The Bertz CT molecular complexity index is 603. The molecular weight excluding hydrogens is 252 g/mol. The molecular formula is C14H11ClO3. The first-order valence-corrected chi connectivity index (χ1v) is 5.69. The van der Waals surface area contributed by atoms with Crippen LogP contribution in [0.15, 0.2) is 36.4 Å². The number of benzene rings is 2. The number of halogens is 1. The molecule has 0 fully saturated rings. The molecule has 2 N–H and O–H groups in total. The van der Waals surface area contributed by atoms with Crippen LogP contribution in [0.3, 0.4) is 0 Å². The van der Waals surface area contributed by atoms with E-state index in [1.54, 1.807) is 6.07 Å². The third kappa shape index (κ3) is 2.31. The zero-order chi connectivity index (χ0) is 13.3. The molecule has 0 atom stereocenters. The van der Waals surface area contributed by atoms with Crippen LogP contribution in [0.2, 0.25) is 5.02 Å². The molecule has 0 unspecified atom stereocenters. The van der Waals surface area contributed by atoms with E-state index in [0.717, 1.165) is 11.1 Å². The first-order chi connectivity index (χ1) is 8.49. The van der Waals surface area contributed by atoms with Gasteiger partial charge in [-0.1, -0.05) is 41.4 Å². The zero-order valence-corrected chi connectivity index (χ0v) is 10.4. The monoisotopic (exact) mass is 262 g/mol. The summed E-state index contributed by atoms with van der Waals surface area (Å²) in [6, 6.07) is 10.6. The molecule has 92 valence electrons. The summed E-state index contributed by atoms with van der Waals surface area (Å²) in [6.07, 6.45) is 0. The van der Waals surface area contributed by atoms with E-state index in [4.69, 9.17) is 16.7 Å². The van der Waals surface area contributed by atoms with E-state index in [-0.39, 0.29) is 10.6 Å². The molecule has 4 heteroatoms. The van der Waals surface area contributed by atoms with Crippen molar-refractivity contribution in [1.29, 1.82) is 0 Å². The van der Waals surface area contributed by atoms with Crippen LogP contribution in [0.5, 0.6) is 5.75 Å². The van der Waals surface area contributed by atoms with E-state index in [1.807, 2.05) is 31.2 Å². The van der Waals surface area contributed by atoms with Crippen LogP contribution in [0.4, 0.5) is 0 Å². The highest BCUT2D eigenvalue weighted by atomic mass is 35.5. The summed E-state index contributed by atoms with van der Waals surface area (Å²) >= 11 is 5.83. The maximum Gasteiger partial charge on any atom is 0.339 e. The zero-order valence-electron chi connectivity index (χ0n) is 9.64. The number of carboxylic acids is 1. The second-order valence-electron chi connectivity index (χ2n) is 4.03. The Morgan fingerprint density at radius 1 is 1.11 bits per heavy atom. The largest absolute Gasteiger partial charge is 0.505 e. The second kappa shape index (κ2) is 4.70. The van der Waals surface area contributed by atoms with E-state index in [1.165, 1.54) is 6.07 Å². The van der Waals surface area contributed by atoms with Crippen LogP contribution in [0, 0.1) is 6.92 Å². The second-order valence-corrected chi connectivity index (χ2v) is 4.43. The minimum atomic E-state index is -1.21. The van der Waals surface area contributed by atoms with Gasteiger partial charge < -0.3 is 10.2 Å². The third-order valence-corrected chi connectivity index (χ3v) is 2.97. The van der Waals surface area contributed by atoms with Crippen LogP contribution in [-0.2, 0) is 0 Å². The number of aromatic hydroxyl groups is 1. The lowest BCUT2D eigenvalue weighted by molar-refractivity contribution is 0.0694. The smallest absolute Gasteiger partial charge is 0.339 e. The summed E-state index contributed by atoms with van der Waals surface area (Å²) in [5.74, 6) is -1.61. The fourth-order valence-corrected chi connectivity index (χ4v) is 1.89. The van der Waals surface area contributed by atoms with Gasteiger partial charge in [0.05, 0.1) is 5.02 Å². The Balaban J connectivity index is 2.59. The van der Waals surface area contributed by atoms with E-state index in [0.29, 0.717) is 5.56 Å². The molecule has 0 aliphatic rings. The van der Waals surface area contributed by atoms with Gasteiger partial charge in [0.2, 0.25) is 0 Å². The van der Waals surface area contributed by atoms with Crippen molar-refractivity contribution in [2.24, 2.45) is 0 Å². The molecule has 0 aliphatic heterocycles. The summed E-state index contributed by atoms with van der Waals surface area (Å²) in [6.45, 7) is 1.97. The van der Waals surface area contributed by atoms with Crippen LogP contribution in [0.1, 0.15) is 15.9 Å². The fourth-order valence-electron chi connectivity index (χ4n) is 1.67. The summed E-state index contributed by atoms with van der Waals surface area (Å²) in [5, 5.41) is 18.6. The molecule has 0 saturated carbocycles. The van der Waals surface area contributed by atoms with E-state index >= 15 is 0 Å². The van der Waals surface area contributed by atoms with Gasteiger partial charge in [-0.15, -0.1) is 0 Å². The topological polar surface area (TPSA) is 57.5 Å². The number of hydrogen-bond acceptors (Lipinski definition) is 2. The average molecular weight is 263 g/mol. The van der Waals surface area contributed by atoms with Gasteiger partial charge in [0, 0.05) is 0 Å². The average Bonchev–Trinajstić information content (AvgIpc) is 2.33. The van der Waals surface area contributed by atoms with Gasteiger partial charge in [-0.05, 0) is 30.2 Å². The first kappa shape index (κ1) is 12.5. The summed E-state index contributed by atoms with van der Waals surface area (Å²) in [4.78, 5) is 11.0. The van der Waals surface area contributed by atoms with Crippen molar-refractivity contribution in [1.82, 2.24) is 0 Å². The van der Waals surface area contributed by atoms with Crippen molar-refractivity contribution in [2.45, 2.75) is 6.92 Å². The number of hydrogen-bond donors (Lipinski definition) is 2. The Morgan fingerprint density at radius 2 is 1.72 bits per heavy atom. The molecule has 0 saturated heterocycles. The molecule has 0 radical (unpaired) electrons. The molecule has 3 nitrogen and oxygen atoms in total. The molecule has 2 rings (SSSR count). The Kier molecular flexibility index (Phi) is 3.26. The predicted octanol–water partition coefficient (Wildman–Crippen LogP) is 3.72. The SMILES string of the molecule is Cc1ccc(-c2cc(Cl)c(O)c(C(=O)O)c2)cc1. The van der Waals surface area contributed by atoms with Gasteiger partial charge in [0.1, 0.15) is 11.3 Å². The lowest BCUT2D eigenvalue weighted by atomic mass is 10.0. The number of aromatic carboxylic acids is 1. The molecule has 0 heterocycles. The third-order valence-electron chi connectivity index (χ3n) is 2.68. The van der Waals surface area contributed by atoms with Crippen molar-refractivity contribution in [2.75, 3.05) is 0 Å². The molecule has 2 aromatic rings. The van der Waals surface area contributed by atoms with Crippen molar-refractivity contribution in [3.63, 3.8) is 0 Å². The molecule has 0 amide bonds. The number of rotatable bonds is 2. The lowest BCUT2D eigenvalue weighted by Gasteiger charge is -2.07. The maximum atomic E-state index is 11.0. The van der Waals surface area contributed by atoms with E-state index < -0.39 is 11.7 Å². The summed E-state index contributed by atoms with van der Waals surface area (Å²) in [7, 11) is 0. The van der Waals surface area contributed by atoms with E-state index in [2.05, 4.69) is 0 Å². The van der Waals surface area contributed by atoms with Gasteiger partial charge >= 0.3 is 5.97 Å². The van der Waals surface area contributed by atoms with Crippen LogP contribution < -0.4 is 0 Å². The molecule has 0 bridgehead atoms. The quantitative estimate of drug-likeness (QED) is 0.867. The van der Waals surface area contributed by atoms with Gasteiger partial charge in [-0.3, -0.25) is 0 Å². The van der Waals surface area contributed by atoms with Gasteiger partial charge in [0.15, 0.2) is 0 Å². The molecule has 0 aliphatic carbocycles. The van der Waals surface area contributed by atoms with Crippen LogP contribution in [0.25, 0.3) is 11.1 Å².